The number of hydrogen-bond donors (Lipinski definition) is 0. The Morgan fingerprint density at radius 1 is 1.05 bits per heavy atom. The fourth-order valence-electron chi connectivity index (χ4n) is 3.63. The van der Waals surface area contributed by atoms with E-state index in [1.807, 2.05) is 0 Å². The number of aromatic nitrogens is 3. The molecular weight excluding hydrogens is 483 g/mol. The van der Waals surface area contributed by atoms with E-state index in [0.29, 0.717) is 37.4 Å². The first-order valence-electron chi connectivity index (χ1n) is 11.8. The predicted molar refractivity (Wildman–Crippen MR) is 129 cm³/mol. The summed E-state index contributed by atoms with van der Waals surface area (Å²) in [6, 6.07) is 8.89. The Morgan fingerprint density at radius 3 is 2.49 bits per heavy atom. The minimum atomic E-state index is -0.732. The predicted octanol–water partition coefficient (Wildman–Crippen LogP) is 4.66. The van der Waals surface area contributed by atoms with Crippen LogP contribution in [-0.2, 0) is 9.57 Å². The number of ketones is 1. The summed E-state index contributed by atoms with van der Waals surface area (Å²) < 4.78 is 31.5. The largest absolute Gasteiger partial charge is 0.528 e. The maximum absolute atomic E-state index is 14.8. The normalized spacial score (nSPS) is 14.3. The van der Waals surface area contributed by atoms with Crippen LogP contribution in [0, 0.1) is 12.7 Å². The smallest absolute Gasteiger partial charge is 0.474 e. The lowest BCUT2D eigenvalue weighted by molar-refractivity contribution is -0.151. The van der Waals surface area contributed by atoms with E-state index in [-0.39, 0.29) is 35.1 Å². The Labute approximate surface area is 213 Å². The number of piperidine rings is 1. The second-order valence-corrected chi connectivity index (χ2v) is 8.65. The number of carbonyl (C=O) groups excluding carboxylic acids is 2. The molecule has 0 aliphatic carbocycles. The van der Waals surface area contributed by atoms with Crippen molar-refractivity contribution < 1.29 is 33.0 Å². The number of benzene rings is 1. The summed E-state index contributed by atoms with van der Waals surface area (Å²) in [5, 5.41) is 1.54. The van der Waals surface area contributed by atoms with Crippen molar-refractivity contribution in [3.05, 3.63) is 71.6 Å². The highest BCUT2D eigenvalue weighted by atomic mass is 19.1. The quantitative estimate of drug-likeness (QED) is 0.313. The Morgan fingerprint density at radius 2 is 1.81 bits per heavy atom. The summed E-state index contributed by atoms with van der Waals surface area (Å²) in [7, 11) is 0. The first-order valence-corrected chi connectivity index (χ1v) is 11.8. The standard InChI is InChI=1S/C26H27FN4O6/c1-16(2)34-26(33)37-31-12-9-19(10-13-31)35-24-17(3)25(30-15-29-24)36-22-8-7-18(14-20(22)27)23(32)21-6-4-5-11-28-21/h4-8,11,14-16,19H,9-10,12-13H2,1-3H3. The van der Waals surface area contributed by atoms with Gasteiger partial charge < -0.3 is 19.0 Å². The number of carbonyl (C=O) groups is 2. The van der Waals surface area contributed by atoms with Crippen LogP contribution in [0.4, 0.5) is 9.18 Å². The van der Waals surface area contributed by atoms with E-state index in [1.54, 1.807) is 39.0 Å². The lowest BCUT2D eigenvalue weighted by Gasteiger charge is -2.30. The van der Waals surface area contributed by atoms with Crippen LogP contribution in [0.3, 0.4) is 0 Å². The number of rotatable bonds is 8. The number of halogens is 1. The Balaban J connectivity index is 1.37. The van der Waals surface area contributed by atoms with Crippen molar-refractivity contribution in [3.63, 3.8) is 0 Å². The van der Waals surface area contributed by atoms with Crippen molar-refractivity contribution >= 4 is 11.9 Å². The van der Waals surface area contributed by atoms with Crippen LogP contribution in [0.15, 0.2) is 48.9 Å². The van der Waals surface area contributed by atoms with Crippen molar-refractivity contribution in [2.45, 2.75) is 45.8 Å². The number of pyridine rings is 1. The molecule has 0 saturated carbocycles. The zero-order valence-electron chi connectivity index (χ0n) is 20.7. The van der Waals surface area contributed by atoms with Gasteiger partial charge in [0.1, 0.15) is 18.1 Å². The minimum Gasteiger partial charge on any atom is -0.474 e. The van der Waals surface area contributed by atoms with Gasteiger partial charge in [0.05, 0.1) is 11.7 Å². The van der Waals surface area contributed by atoms with Crippen LogP contribution in [0.5, 0.6) is 17.5 Å². The fraction of sp³-hybridized carbons (Fsp3) is 0.346. The fourth-order valence-corrected chi connectivity index (χ4v) is 3.63. The first kappa shape index (κ1) is 26.0. The second-order valence-electron chi connectivity index (χ2n) is 8.65. The van der Waals surface area contributed by atoms with E-state index < -0.39 is 17.8 Å². The average molecular weight is 511 g/mol. The highest BCUT2D eigenvalue weighted by molar-refractivity contribution is 6.07. The molecule has 1 aromatic carbocycles. The van der Waals surface area contributed by atoms with Gasteiger partial charge in [0.15, 0.2) is 11.6 Å². The molecule has 0 N–H and O–H groups in total. The molecule has 194 valence electrons. The van der Waals surface area contributed by atoms with Gasteiger partial charge in [0.2, 0.25) is 17.5 Å². The molecule has 2 aromatic heterocycles. The maximum Gasteiger partial charge on any atom is 0.528 e. The lowest BCUT2D eigenvalue weighted by Crippen LogP contribution is -2.40. The molecule has 0 spiro atoms. The molecule has 1 aliphatic rings. The Kier molecular flexibility index (Phi) is 8.24. The minimum absolute atomic E-state index is 0.0935. The molecule has 0 bridgehead atoms. The van der Waals surface area contributed by atoms with Crippen LogP contribution < -0.4 is 9.47 Å². The number of hydrogen-bond acceptors (Lipinski definition) is 10. The summed E-state index contributed by atoms with van der Waals surface area (Å²) in [6.45, 7) is 6.15. The zero-order chi connectivity index (χ0) is 26.4. The lowest BCUT2D eigenvalue weighted by atomic mass is 10.1. The van der Waals surface area contributed by atoms with Crippen molar-refractivity contribution in [2.75, 3.05) is 13.1 Å². The van der Waals surface area contributed by atoms with Gasteiger partial charge in [-0.15, -0.1) is 5.06 Å². The van der Waals surface area contributed by atoms with Gasteiger partial charge in [-0.1, -0.05) is 6.07 Å². The molecule has 11 heteroatoms. The van der Waals surface area contributed by atoms with Crippen LogP contribution in [0.2, 0.25) is 0 Å². The van der Waals surface area contributed by atoms with E-state index in [9.17, 15) is 14.0 Å². The van der Waals surface area contributed by atoms with E-state index >= 15 is 0 Å². The summed E-state index contributed by atoms with van der Waals surface area (Å²) in [4.78, 5) is 41.7. The molecule has 0 atom stereocenters. The van der Waals surface area contributed by atoms with Crippen LogP contribution >= 0.6 is 0 Å². The molecule has 1 saturated heterocycles. The van der Waals surface area contributed by atoms with Gasteiger partial charge in [-0.2, -0.15) is 0 Å². The molecule has 0 unspecified atom stereocenters. The second kappa shape index (κ2) is 11.7. The van der Waals surface area contributed by atoms with Crippen LogP contribution in [0.25, 0.3) is 0 Å². The summed E-state index contributed by atoms with van der Waals surface area (Å²) >= 11 is 0. The van der Waals surface area contributed by atoms with Gasteiger partial charge in [0.25, 0.3) is 0 Å². The van der Waals surface area contributed by atoms with Crippen molar-refractivity contribution in [1.82, 2.24) is 20.0 Å². The van der Waals surface area contributed by atoms with E-state index in [0.717, 1.165) is 6.07 Å². The number of hydroxylamine groups is 2. The molecule has 0 amide bonds. The molecule has 10 nitrogen and oxygen atoms in total. The number of ether oxygens (including phenoxy) is 3. The highest BCUT2D eigenvalue weighted by Crippen LogP contribution is 2.31. The molecule has 1 aliphatic heterocycles. The van der Waals surface area contributed by atoms with Gasteiger partial charge >= 0.3 is 6.16 Å². The van der Waals surface area contributed by atoms with E-state index in [1.165, 1.54) is 29.7 Å². The first-order chi connectivity index (χ1) is 17.8. The number of nitrogens with zero attached hydrogens (tertiary/aromatic N) is 4. The summed E-state index contributed by atoms with van der Waals surface area (Å²) in [5.41, 5.74) is 0.867. The van der Waals surface area contributed by atoms with Gasteiger partial charge in [0, 0.05) is 37.7 Å². The third-order valence-corrected chi connectivity index (χ3v) is 5.50. The average Bonchev–Trinajstić information content (AvgIpc) is 2.88. The monoisotopic (exact) mass is 510 g/mol. The van der Waals surface area contributed by atoms with Gasteiger partial charge in [-0.05, 0) is 51.1 Å². The third kappa shape index (κ3) is 6.76. The Bertz CT molecular complexity index is 1250. The summed E-state index contributed by atoms with van der Waals surface area (Å²) in [6.07, 6.45) is 2.80. The van der Waals surface area contributed by atoms with Crippen LogP contribution in [-0.4, -0.2) is 57.3 Å². The molecular formula is C26H27FN4O6. The topological polar surface area (TPSA) is 113 Å². The molecule has 3 heterocycles. The van der Waals surface area contributed by atoms with Gasteiger partial charge in [-0.3, -0.25) is 9.78 Å². The molecule has 3 aromatic rings. The van der Waals surface area contributed by atoms with Crippen LogP contribution in [0.1, 0.15) is 48.3 Å². The SMILES string of the molecule is Cc1c(Oc2ccc(C(=O)c3ccccn3)cc2F)ncnc1OC1CCN(OC(=O)OC(C)C)CC1. The molecule has 0 radical (unpaired) electrons. The van der Waals surface area contributed by atoms with E-state index in [4.69, 9.17) is 19.0 Å². The molecule has 4 rings (SSSR count). The van der Waals surface area contributed by atoms with Gasteiger partial charge in [-0.25, -0.2) is 19.2 Å². The van der Waals surface area contributed by atoms with Crippen molar-refractivity contribution in [3.8, 4) is 17.5 Å². The van der Waals surface area contributed by atoms with Crippen molar-refractivity contribution in [2.24, 2.45) is 0 Å². The third-order valence-electron chi connectivity index (χ3n) is 5.50. The molecule has 37 heavy (non-hydrogen) atoms. The summed E-state index contributed by atoms with van der Waals surface area (Å²) in [5.74, 6) is -0.765. The maximum atomic E-state index is 14.8. The van der Waals surface area contributed by atoms with E-state index in [2.05, 4.69) is 15.0 Å². The molecule has 1 fully saturated rings. The Hall–Kier alpha value is -4.12. The zero-order valence-corrected chi connectivity index (χ0v) is 20.7. The van der Waals surface area contributed by atoms with Crippen molar-refractivity contribution in [1.29, 1.82) is 0 Å². The highest BCUT2D eigenvalue weighted by Gasteiger charge is 2.25.